The van der Waals surface area contributed by atoms with E-state index in [1.807, 2.05) is 29.2 Å². The highest BCUT2D eigenvalue weighted by atomic mass is 16.5. The minimum Gasteiger partial charge on any atom is -0.378 e. The molecule has 0 unspecified atom stereocenters. The second-order valence-electron chi connectivity index (χ2n) is 10.9. The highest BCUT2D eigenvalue weighted by Gasteiger charge is 2.38. The van der Waals surface area contributed by atoms with Crippen LogP contribution in [0.15, 0.2) is 48.5 Å². The molecule has 2 aliphatic heterocycles. The number of hydrogen-bond acceptors (Lipinski definition) is 6. The fraction of sp³-hybridized carbons (Fsp3) is 0.533. The average Bonchev–Trinajstić information content (AvgIpc) is 3.76. The van der Waals surface area contributed by atoms with Crippen LogP contribution in [-0.2, 0) is 11.2 Å². The molecule has 2 amide bonds. The molecule has 3 N–H and O–H groups in total. The van der Waals surface area contributed by atoms with Gasteiger partial charge < -0.3 is 19.9 Å². The zero-order valence-corrected chi connectivity index (χ0v) is 22.1. The molecule has 3 fully saturated rings. The number of hydroxylamine groups is 1. The highest BCUT2D eigenvalue weighted by Crippen LogP contribution is 2.41. The van der Waals surface area contributed by atoms with Gasteiger partial charge in [-0.1, -0.05) is 24.3 Å². The predicted molar refractivity (Wildman–Crippen MR) is 145 cm³/mol. The van der Waals surface area contributed by atoms with Gasteiger partial charge in [0.2, 0.25) is 0 Å². The van der Waals surface area contributed by atoms with Gasteiger partial charge in [0.1, 0.15) is 0 Å². The molecule has 2 aromatic carbocycles. The minimum absolute atomic E-state index is 0.111. The first-order valence-electron chi connectivity index (χ1n) is 14.1. The largest absolute Gasteiger partial charge is 0.378 e. The summed E-state index contributed by atoms with van der Waals surface area (Å²) in [5.41, 5.74) is 5.47. The lowest BCUT2D eigenvalue weighted by molar-refractivity contribution is 0.0303. The number of carbonyl (C=O) groups is 2. The zero-order valence-electron chi connectivity index (χ0n) is 22.1. The van der Waals surface area contributed by atoms with Crippen molar-refractivity contribution in [1.82, 2.24) is 20.6 Å². The summed E-state index contributed by atoms with van der Waals surface area (Å²) in [6.45, 7) is 7.13. The molecule has 5 rings (SSSR count). The van der Waals surface area contributed by atoms with E-state index in [-0.39, 0.29) is 5.91 Å². The summed E-state index contributed by atoms with van der Waals surface area (Å²) in [5, 5.41) is 12.5. The van der Waals surface area contributed by atoms with Crippen LogP contribution in [0.2, 0.25) is 0 Å². The SMILES string of the molecule is O=C(NO)c1ccc(CCCN2CCC(CN[C@H]3C[C@@H]3c3ccc(C(=O)N4CCOCC4)cc3)CC2)cc1. The van der Waals surface area contributed by atoms with Gasteiger partial charge in [-0.25, -0.2) is 5.48 Å². The highest BCUT2D eigenvalue weighted by molar-refractivity contribution is 5.94. The van der Waals surface area contributed by atoms with Crippen LogP contribution in [0.1, 0.15) is 63.4 Å². The van der Waals surface area contributed by atoms with E-state index in [0.717, 1.165) is 50.5 Å². The molecule has 2 saturated heterocycles. The number of hydrogen-bond donors (Lipinski definition) is 3. The Morgan fingerprint density at radius 3 is 2.29 bits per heavy atom. The van der Waals surface area contributed by atoms with Gasteiger partial charge in [0, 0.05) is 36.2 Å². The molecular weight excluding hydrogens is 480 g/mol. The summed E-state index contributed by atoms with van der Waals surface area (Å²) in [7, 11) is 0. The van der Waals surface area contributed by atoms with E-state index in [1.54, 1.807) is 17.6 Å². The molecule has 8 nitrogen and oxygen atoms in total. The lowest BCUT2D eigenvalue weighted by Crippen LogP contribution is -2.40. The van der Waals surface area contributed by atoms with Gasteiger partial charge in [-0.15, -0.1) is 0 Å². The topological polar surface area (TPSA) is 94.1 Å². The number of benzene rings is 2. The Hall–Kier alpha value is -2.78. The monoisotopic (exact) mass is 520 g/mol. The molecular formula is C30H40N4O4. The Morgan fingerprint density at radius 2 is 1.61 bits per heavy atom. The van der Waals surface area contributed by atoms with Crippen LogP contribution >= 0.6 is 0 Å². The molecule has 3 aliphatic rings. The normalized spacial score (nSPS) is 22.3. The van der Waals surface area contributed by atoms with Crippen molar-refractivity contribution in [2.45, 2.75) is 44.1 Å². The third-order valence-corrected chi connectivity index (χ3v) is 8.31. The van der Waals surface area contributed by atoms with E-state index in [2.05, 4.69) is 22.3 Å². The van der Waals surface area contributed by atoms with Crippen LogP contribution in [-0.4, -0.2) is 85.3 Å². The first-order valence-corrected chi connectivity index (χ1v) is 14.1. The predicted octanol–water partition coefficient (Wildman–Crippen LogP) is 3.07. The fourth-order valence-corrected chi connectivity index (χ4v) is 5.74. The quantitative estimate of drug-likeness (QED) is 0.329. The van der Waals surface area contributed by atoms with E-state index in [4.69, 9.17) is 9.94 Å². The first kappa shape index (κ1) is 26.8. The number of amides is 2. The van der Waals surface area contributed by atoms with Crippen molar-refractivity contribution in [2.75, 3.05) is 52.5 Å². The Kier molecular flexibility index (Phi) is 9.06. The van der Waals surface area contributed by atoms with E-state index < -0.39 is 5.91 Å². The molecule has 0 aromatic heterocycles. The Labute approximate surface area is 225 Å². The summed E-state index contributed by atoms with van der Waals surface area (Å²) in [6, 6.07) is 16.3. The number of likely N-dealkylation sites (tertiary alicyclic amines) is 1. The number of ether oxygens (including phenoxy) is 1. The lowest BCUT2D eigenvalue weighted by Gasteiger charge is -2.32. The third kappa shape index (κ3) is 6.99. The van der Waals surface area contributed by atoms with E-state index in [1.165, 1.54) is 30.4 Å². The second-order valence-corrected chi connectivity index (χ2v) is 10.9. The number of aryl methyl sites for hydroxylation is 1. The fourth-order valence-electron chi connectivity index (χ4n) is 5.74. The summed E-state index contributed by atoms with van der Waals surface area (Å²) in [5.74, 6) is 0.943. The number of morpholine rings is 1. The molecule has 2 atom stereocenters. The molecule has 0 radical (unpaired) electrons. The summed E-state index contributed by atoms with van der Waals surface area (Å²) in [6.07, 6.45) is 5.77. The molecule has 1 saturated carbocycles. The molecule has 0 spiro atoms. The van der Waals surface area contributed by atoms with Gasteiger partial charge in [0.15, 0.2) is 0 Å². The third-order valence-electron chi connectivity index (χ3n) is 8.31. The molecule has 8 heteroatoms. The van der Waals surface area contributed by atoms with Gasteiger partial charge >= 0.3 is 0 Å². The van der Waals surface area contributed by atoms with Crippen molar-refractivity contribution in [3.63, 3.8) is 0 Å². The Bertz CT molecular complexity index is 1060. The van der Waals surface area contributed by atoms with Crippen LogP contribution in [0, 0.1) is 5.92 Å². The number of nitrogens with zero attached hydrogens (tertiary/aromatic N) is 2. The zero-order chi connectivity index (χ0) is 26.3. The number of nitrogens with one attached hydrogen (secondary N) is 2. The van der Waals surface area contributed by atoms with Crippen LogP contribution in [0.3, 0.4) is 0 Å². The number of piperidine rings is 1. The molecule has 2 heterocycles. The summed E-state index contributed by atoms with van der Waals surface area (Å²) in [4.78, 5) is 28.5. The van der Waals surface area contributed by atoms with Crippen molar-refractivity contribution in [2.24, 2.45) is 5.92 Å². The first-order chi connectivity index (χ1) is 18.6. The van der Waals surface area contributed by atoms with Gasteiger partial charge in [-0.3, -0.25) is 14.8 Å². The standard InChI is InChI=1S/C30H40N4O4/c35-29(32-37)25-5-3-22(4-6-25)2-1-13-33-14-11-23(12-15-33)21-31-28-20-27(28)24-7-9-26(10-8-24)30(36)34-16-18-38-19-17-34/h3-10,23,27-28,31,37H,1-2,11-21H2,(H,32,35)/t27-,28+/m1/s1. The number of carbonyl (C=O) groups excluding carboxylic acids is 2. The Balaban J connectivity index is 0.963. The van der Waals surface area contributed by atoms with Crippen LogP contribution < -0.4 is 10.8 Å². The maximum absolute atomic E-state index is 12.7. The van der Waals surface area contributed by atoms with E-state index in [0.29, 0.717) is 43.8 Å². The van der Waals surface area contributed by atoms with Crippen molar-refractivity contribution < 1.29 is 19.5 Å². The van der Waals surface area contributed by atoms with Crippen molar-refractivity contribution in [3.8, 4) is 0 Å². The van der Waals surface area contributed by atoms with Crippen molar-refractivity contribution >= 4 is 11.8 Å². The summed E-state index contributed by atoms with van der Waals surface area (Å²) < 4.78 is 5.35. The minimum atomic E-state index is -0.474. The average molecular weight is 521 g/mol. The second kappa shape index (κ2) is 12.8. The van der Waals surface area contributed by atoms with Crippen molar-refractivity contribution in [3.05, 3.63) is 70.8 Å². The molecule has 2 aromatic rings. The van der Waals surface area contributed by atoms with Gasteiger partial charge in [-0.05, 0) is 99.6 Å². The molecule has 0 bridgehead atoms. The van der Waals surface area contributed by atoms with Gasteiger partial charge in [0.05, 0.1) is 13.2 Å². The number of rotatable bonds is 10. The molecule has 38 heavy (non-hydrogen) atoms. The maximum atomic E-state index is 12.7. The van der Waals surface area contributed by atoms with Crippen LogP contribution in [0.4, 0.5) is 0 Å². The summed E-state index contributed by atoms with van der Waals surface area (Å²) >= 11 is 0. The maximum Gasteiger partial charge on any atom is 0.274 e. The molecule has 204 valence electrons. The van der Waals surface area contributed by atoms with E-state index in [9.17, 15) is 9.59 Å². The van der Waals surface area contributed by atoms with Crippen LogP contribution in [0.25, 0.3) is 0 Å². The van der Waals surface area contributed by atoms with Crippen LogP contribution in [0.5, 0.6) is 0 Å². The lowest BCUT2D eigenvalue weighted by atomic mass is 9.96. The van der Waals surface area contributed by atoms with E-state index >= 15 is 0 Å². The van der Waals surface area contributed by atoms with Gasteiger partial charge in [-0.2, -0.15) is 0 Å². The molecule has 1 aliphatic carbocycles. The Morgan fingerprint density at radius 1 is 0.921 bits per heavy atom. The van der Waals surface area contributed by atoms with Gasteiger partial charge in [0.25, 0.3) is 11.8 Å². The van der Waals surface area contributed by atoms with Crippen molar-refractivity contribution in [1.29, 1.82) is 0 Å². The smallest absolute Gasteiger partial charge is 0.274 e.